The van der Waals surface area contributed by atoms with Gasteiger partial charge in [0.05, 0.1) is 0 Å². The summed E-state index contributed by atoms with van der Waals surface area (Å²) in [4.78, 5) is 0. The van der Waals surface area contributed by atoms with Crippen LogP contribution in [0.1, 0.15) is 38.3 Å². The summed E-state index contributed by atoms with van der Waals surface area (Å²) in [6, 6.07) is 5.34. The zero-order valence-corrected chi connectivity index (χ0v) is 9.02. The van der Waals surface area contributed by atoms with Crippen LogP contribution in [0.2, 0.25) is 0 Å². The Morgan fingerprint density at radius 2 is 1.69 bits per heavy atom. The zero-order chi connectivity index (χ0) is 10.3. The first-order chi connectivity index (χ1) is 6.15. The van der Waals surface area contributed by atoms with E-state index in [9.17, 15) is 4.39 Å². The molecule has 1 heteroatoms. The highest BCUT2D eigenvalue weighted by Gasteiger charge is 1.97. The lowest BCUT2D eigenvalue weighted by Gasteiger charge is -1.98. The molecule has 0 saturated heterocycles. The van der Waals surface area contributed by atoms with E-state index in [-0.39, 0.29) is 5.82 Å². The van der Waals surface area contributed by atoms with Crippen molar-refractivity contribution in [1.29, 1.82) is 0 Å². The molecule has 1 aromatic carbocycles. The van der Waals surface area contributed by atoms with Crippen molar-refractivity contribution in [2.45, 2.75) is 40.5 Å². The topological polar surface area (TPSA) is 0 Å². The second-order valence-corrected chi connectivity index (χ2v) is 3.16. The van der Waals surface area contributed by atoms with E-state index in [1.807, 2.05) is 26.0 Å². The van der Waals surface area contributed by atoms with Gasteiger partial charge in [0.15, 0.2) is 0 Å². The predicted molar refractivity (Wildman–Crippen MR) is 56.5 cm³/mol. The fraction of sp³-hybridized carbons (Fsp3) is 0.500. The molecule has 0 nitrogen and oxygen atoms in total. The Bertz CT molecular complexity index is 241. The summed E-state index contributed by atoms with van der Waals surface area (Å²) in [6.45, 7) is 8.09. The summed E-state index contributed by atoms with van der Waals surface area (Å²) in [6.07, 6.45) is 2.02. The van der Waals surface area contributed by atoms with Gasteiger partial charge in [-0.15, -0.1) is 0 Å². The minimum Gasteiger partial charge on any atom is -0.207 e. The van der Waals surface area contributed by atoms with E-state index in [2.05, 4.69) is 13.8 Å². The Morgan fingerprint density at radius 3 is 2.08 bits per heavy atom. The second-order valence-electron chi connectivity index (χ2n) is 3.16. The molecule has 13 heavy (non-hydrogen) atoms. The maximum absolute atomic E-state index is 12.9. The lowest BCUT2D eigenvalue weighted by atomic mass is 10.1. The van der Waals surface area contributed by atoms with Gasteiger partial charge in [-0.2, -0.15) is 0 Å². The molecule has 0 amide bonds. The molecule has 0 fully saturated rings. The number of hydrogen-bond donors (Lipinski definition) is 0. The molecule has 0 unspecified atom stereocenters. The van der Waals surface area contributed by atoms with Gasteiger partial charge in [0, 0.05) is 0 Å². The molecule has 0 radical (unpaired) electrons. The van der Waals surface area contributed by atoms with Crippen molar-refractivity contribution in [1.82, 2.24) is 0 Å². The Kier molecular flexibility index (Phi) is 6.21. The van der Waals surface area contributed by atoms with Crippen LogP contribution < -0.4 is 0 Å². The average molecular weight is 182 g/mol. The lowest BCUT2D eigenvalue weighted by molar-refractivity contribution is 0.611. The summed E-state index contributed by atoms with van der Waals surface area (Å²) in [7, 11) is 0. The van der Waals surface area contributed by atoms with Crippen molar-refractivity contribution < 1.29 is 4.39 Å². The molecule has 0 atom stereocenters. The van der Waals surface area contributed by atoms with Gasteiger partial charge in [-0.3, -0.25) is 0 Å². The molecular weight excluding hydrogens is 163 g/mol. The van der Waals surface area contributed by atoms with Crippen LogP contribution in [0.15, 0.2) is 18.2 Å². The molecule has 0 heterocycles. The minimum absolute atomic E-state index is 0.0810. The largest absolute Gasteiger partial charge is 0.207 e. The molecule has 0 saturated carbocycles. The standard InChI is InChI=1S/C9H11F.C3H8/c1-3-8-5-4-7(2)6-9(8)10;1-3-2/h4-6H,3H2,1-2H3;3H2,1-2H3. The van der Waals surface area contributed by atoms with Crippen molar-refractivity contribution in [3.8, 4) is 0 Å². The molecular formula is C12H19F. The van der Waals surface area contributed by atoms with Crippen LogP contribution in [0.3, 0.4) is 0 Å². The Balaban J connectivity index is 0.000000424. The van der Waals surface area contributed by atoms with Crippen molar-refractivity contribution >= 4 is 0 Å². The maximum Gasteiger partial charge on any atom is 0.126 e. The van der Waals surface area contributed by atoms with Crippen molar-refractivity contribution in [3.05, 3.63) is 35.1 Å². The van der Waals surface area contributed by atoms with Gasteiger partial charge in [0.1, 0.15) is 5.82 Å². The van der Waals surface area contributed by atoms with Gasteiger partial charge in [-0.1, -0.05) is 39.3 Å². The van der Waals surface area contributed by atoms with Crippen LogP contribution in [0.4, 0.5) is 4.39 Å². The minimum atomic E-state index is -0.0810. The smallest absolute Gasteiger partial charge is 0.126 e. The third kappa shape index (κ3) is 4.66. The highest BCUT2D eigenvalue weighted by Crippen LogP contribution is 2.09. The molecule has 1 aromatic rings. The van der Waals surface area contributed by atoms with Crippen molar-refractivity contribution in [2.24, 2.45) is 0 Å². The first kappa shape index (κ1) is 12.2. The van der Waals surface area contributed by atoms with E-state index in [0.29, 0.717) is 0 Å². The molecule has 74 valence electrons. The average Bonchev–Trinajstić information content (AvgIpc) is 2.06. The lowest BCUT2D eigenvalue weighted by Crippen LogP contribution is -1.86. The Morgan fingerprint density at radius 1 is 1.15 bits per heavy atom. The molecule has 0 N–H and O–H groups in total. The molecule has 0 aliphatic heterocycles. The van der Waals surface area contributed by atoms with Crippen LogP contribution in [-0.4, -0.2) is 0 Å². The normalized spacial score (nSPS) is 9.00. The van der Waals surface area contributed by atoms with E-state index < -0.39 is 0 Å². The monoisotopic (exact) mass is 182 g/mol. The zero-order valence-electron chi connectivity index (χ0n) is 9.02. The van der Waals surface area contributed by atoms with E-state index in [0.717, 1.165) is 17.5 Å². The third-order valence-electron chi connectivity index (χ3n) is 1.59. The van der Waals surface area contributed by atoms with E-state index in [4.69, 9.17) is 0 Å². The van der Waals surface area contributed by atoms with Gasteiger partial charge in [-0.05, 0) is 30.5 Å². The van der Waals surface area contributed by atoms with Gasteiger partial charge in [0.2, 0.25) is 0 Å². The number of halogens is 1. The Labute approximate surface area is 80.8 Å². The quantitative estimate of drug-likeness (QED) is 0.613. The maximum atomic E-state index is 12.9. The first-order valence-electron chi connectivity index (χ1n) is 4.90. The summed E-state index contributed by atoms with van der Waals surface area (Å²) >= 11 is 0. The summed E-state index contributed by atoms with van der Waals surface area (Å²) < 4.78 is 12.9. The van der Waals surface area contributed by atoms with Gasteiger partial charge < -0.3 is 0 Å². The fourth-order valence-electron chi connectivity index (χ4n) is 0.939. The van der Waals surface area contributed by atoms with E-state index in [1.54, 1.807) is 6.07 Å². The number of benzene rings is 1. The summed E-state index contributed by atoms with van der Waals surface area (Å²) in [5, 5.41) is 0. The summed E-state index contributed by atoms with van der Waals surface area (Å²) in [5.74, 6) is -0.0810. The molecule has 0 aromatic heterocycles. The van der Waals surface area contributed by atoms with Gasteiger partial charge in [0.25, 0.3) is 0 Å². The number of hydrogen-bond acceptors (Lipinski definition) is 0. The number of rotatable bonds is 1. The molecule has 0 bridgehead atoms. The van der Waals surface area contributed by atoms with E-state index >= 15 is 0 Å². The molecule has 0 aliphatic carbocycles. The van der Waals surface area contributed by atoms with Crippen molar-refractivity contribution in [3.63, 3.8) is 0 Å². The van der Waals surface area contributed by atoms with Crippen LogP contribution in [0.5, 0.6) is 0 Å². The molecule has 0 spiro atoms. The predicted octanol–water partition coefficient (Wildman–Crippen LogP) is 4.11. The second kappa shape index (κ2) is 6.64. The molecule has 1 rings (SSSR count). The molecule has 0 aliphatic rings. The van der Waals surface area contributed by atoms with Gasteiger partial charge in [-0.25, -0.2) is 4.39 Å². The van der Waals surface area contributed by atoms with Crippen LogP contribution in [-0.2, 0) is 6.42 Å². The van der Waals surface area contributed by atoms with Gasteiger partial charge >= 0.3 is 0 Å². The SMILES string of the molecule is CCC.CCc1ccc(C)cc1F. The van der Waals surface area contributed by atoms with Crippen LogP contribution in [0, 0.1) is 12.7 Å². The third-order valence-corrected chi connectivity index (χ3v) is 1.59. The first-order valence-corrected chi connectivity index (χ1v) is 4.90. The van der Waals surface area contributed by atoms with Crippen molar-refractivity contribution in [2.75, 3.05) is 0 Å². The number of aryl methyl sites for hydroxylation is 2. The Hall–Kier alpha value is -0.850. The fourth-order valence-corrected chi connectivity index (χ4v) is 0.939. The van der Waals surface area contributed by atoms with E-state index in [1.165, 1.54) is 6.42 Å². The summed E-state index contributed by atoms with van der Waals surface area (Å²) in [5.41, 5.74) is 1.78. The highest BCUT2D eigenvalue weighted by molar-refractivity contribution is 5.23. The highest BCUT2D eigenvalue weighted by atomic mass is 19.1. The van der Waals surface area contributed by atoms with Crippen LogP contribution >= 0.6 is 0 Å². The van der Waals surface area contributed by atoms with Crippen LogP contribution in [0.25, 0.3) is 0 Å².